The van der Waals surface area contributed by atoms with Crippen LogP contribution in [-0.2, 0) is 7.05 Å². The van der Waals surface area contributed by atoms with Crippen LogP contribution in [0.5, 0.6) is 5.75 Å². The molecule has 0 fully saturated rings. The van der Waals surface area contributed by atoms with Crippen molar-refractivity contribution in [3.05, 3.63) is 53.5 Å². The Balaban J connectivity index is 2.18. The monoisotopic (exact) mass is 290 g/mol. The molecule has 3 aromatic rings. The second-order valence-electron chi connectivity index (χ2n) is 4.78. The molecule has 0 bridgehead atoms. The number of aromatic nitrogens is 3. The van der Waals surface area contributed by atoms with E-state index in [9.17, 15) is 5.26 Å². The Labute approximate surface area is 128 Å². The molecule has 2 aromatic heterocycles. The van der Waals surface area contributed by atoms with Gasteiger partial charge in [0.2, 0.25) is 0 Å². The normalized spacial score (nSPS) is 11.0. The van der Waals surface area contributed by atoms with Crippen LogP contribution in [0.1, 0.15) is 16.8 Å². The molecular formula is C17H14N4O. The van der Waals surface area contributed by atoms with Crippen molar-refractivity contribution >= 4 is 23.1 Å². The Kier molecular flexibility index (Phi) is 3.58. The van der Waals surface area contributed by atoms with Crippen LogP contribution in [0, 0.1) is 11.3 Å². The summed E-state index contributed by atoms with van der Waals surface area (Å²) in [4.78, 5) is 4.08. The van der Waals surface area contributed by atoms with Crippen molar-refractivity contribution in [2.75, 3.05) is 7.11 Å². The molecule has 0 saturated carbocycles. The fraction of sp³-hybridized carbons (Fsp3) is 0.118. The zero-order chi connectivity index (χ0) is 15.5. The molecule has 2 heterocycles. The van der Waals surface area contributed by atoms with Gasteiger partial charge in [-0.15, -0.1) is 0 Å². The van der Waals surface area contributed by atoms with Gasteiger partial charge in [0.15, 0.2) is 0 Å². The third-order valence-corrected chi connectivity index (χ3v) is 3.44. The van der Waals surface area contributed by atoms with Crippen molar-refractivity contribution in [2.24, 2.45) is 7.05 Å². The Morgan fingerprint density at radius 1 is 1.27 bits per heavy atom. The van der Waals surface area contributed by atoms with Gasteiger partial charge in [0, 0.05) is 19.4 Å². The van der Waals surface area contributed by atoms with Crippen LogP contribution in [0.2, 0.25) is 0 Å². The van der Waals surface area contributed by atoms with Crippen LogP contribution in [0.15, 0.2) is 36.7 Å². The van der Waals surface area contributed by atoms with Gasteiger partial charge in [0.05, 0.1) is 29.3 Å². The molecule has 0 aliphatic rings. The first-order valence-electron chi connectivity index (χ1n) is 6.76. The summed E-state index contributed by atoms with van der Waals surface area (Å²) in [5, 5.41) is 14.6. The fourth-order valence-corrected chi connectivity index (χ4v) is 2.42. The number of rotatable bonds is 3. The quantitative estimate of drug-likeness (QED) is 0.743. The number of hydrogen-bond acceptors (Lipinski definition) is 4. The first kappa shape index (κ1) is 13.8. The molecule has 0 spiro atoms. The number of hydrogen-bond donors (Lipinski definition) is 0. The maximum Gasteiger partial charge on any atom is 0.148 e. The van der Waals surface area contributed by atoms with Crippen molar-refractivity contribution < 1.29 is 4.74 Å². The van der Waals surface area contributed by atoms with Gasteiger partial charge < -0.3 is 4.74 Å². The summed E-state index contributed by atoms with van der Waals surface area (Å²) >= 11 is 0. The van der Waals surface area contributed by atoms with Gasteiger partial charge in [0.1, 0.15) is 11.8 Å². The van der Waals surface area contributed by atoms with Crippen molar-refractivity contribution in [3.63, 3.8) is 0 Å². The van der Waals surface area contributed by atoms with Crippen molar-refractivity contribution in [1.29, 1.82) is 5.26 Å². The van der Waals surface area contributed by atoms with Gasteiger partial charge in [-0.1, -0.05) is 12.1 Å². The topological polar surface area (TPSA) is 63.7 Å². The Bertz CT molecular complexity index is 888. The number of nitrogens with zero attached hydrogens (tertiary/aromatic N) is 4. The standard InChI is InChI=1S/C17H14N4O/c1-21-15-8-6-13(10-18)17(22-2)16(15)14(20-21)7-5-12-4-3-9-19-11-12/h3-9,11H,1-2H3/b7-5+. The largest absolute Gasteiger partial charge is 0.495 e. The lowest BCUT2D eigenvalue weighted by atomic mass is 10.1. The van der Waals surface area contributed by atoms with E-state index in [1.807, 2.05) is 37.4 Å². The minimum atomic E-state index is 0.499. The summed E-state index contributed by atoms with van der Waals surface area (Å²) in [6.45, 7) is 0. The SMILES string of the molecule is COc1c(C#N)ccc2c1c(/C=C/c1cccnc1)nn2C. The lowest BCUT2D eigenvalue weighted by Crippen LogP contribution is -1.91. The molecule has 5 heteroatoms. The Morgan fingerprint density at radius 2 is 2.14 bits per heavy atom. The molecule has 108 valence electrons. The Hall–Kier alpha value is -3.13. The number of fused-ring (bicyclic) bond motifs is 1. The summed E-state index contributed by atoms with van der Waals surface area (Å²) < 4.78 is 7.21. The van der Waals surface area contributed by atoms with Gasteiger partial charge in [-0.25, -0.2) is 0 Å². The summed E-state index contributed by atoms with van der Waals surface area (Å²) in [5.41, 5.74) is 3.16. The maximum absolute atomic E-state index is 9.23. The molecule has 0 atom stereocenters. The highest BCUT2D eigenvalue weighted by Gasteiger charge is 2.15. The van der Waals surface area contributed by atoms with Crippen LogP contribution < -0.4 is 4.74 Å². The van der Waals surface area contributed by atoms with E-state index < -0.39 is 0 Å². The highest BCUT2D eigenvalue weighted by Crippen LogP contribution is 2.32. The molecule has 0 unspecified atom stereocenters. The lowest BCUT2D eigenvalue weighted by Gasteiger charge is -2.04. The molecule has 22 heavy (non-hydrogen) atoms. The highest BCUT2D eigenvalue weighted by atomic mass is 16.5. The second kappa shape index (κ2) is 5.70. The average molecular weight is 290 g/mol. The van der Waals surface area contributed by atoms with E-state index in [1.54, 1.807) is 30.3 Å². The van der Waals surface area contributed by atoms with Crippen LogP contribution in [0.3, 0.4) is 0 Å². The Morgan fingerprint density at radius 3 is 2.82 bits per heavy atom. The van der Waals surface area contributed by atoms with Gasteiger partial charge in [0.25, 0.3) is 0 Å². The molecule has 0 aliphatic heterocycles. The predicted octanol–water partition coefficient (Wildman–Crippen LogP) is 3.02. The van der Waals surface area contributed by atoms with Gasteiger partial charge in [-0.2, -0.15) is 10.4 Å². The minimum absolute atomic E-state index is 0.499. The molecule has 1 aromatic carbocycles. The molecular weight excluding hydrogens is 276 g/mol. The van der Waals surface area contributed by atoms with Crippen LogP contribution in [0.4, 0.5) is 0 Å². The van der Waals surface area contributed by atoms with E-state index in [0.29, 0.717) is 11.3 Å². The number of nitriles is 1. The lowest BCUT2D eigenvalue weighted by molar-refractivity contribution is 0.418. The van der Waals surface area contributed by atoms with Crippen molar-refractivity contribution in [3.8, 4) is 11.8 Å². The predicted molar refractivity (Wildman–Crippen MR) is 85.1 cm³/mol. The van der Waals surface area contributed by atoms with Crippen LogP contribution in [0.25, 0.3) is 23.1 Å². The number of ether oxygens (including phenoxy) is 1. The van der Waals surface area contributed by atoms with E-state index >= 15 is 0 Å². The molecule has 3 rings (SSSR count). The van der Waals surface area contributed by atoms with E-state index in [1.165, 1.54) is 0 Å². The van der Waals surface area contributed by atoms with Crippen molar-refractivity contribution in [1.82, 2.24) is 14.8 Å². The second-order valence-corrected chi connectivity index (χ2v) is 4.78. The van der Waals surface area contributed by atoms with Crippen LogP contribution in [-0.4, -0.2) is 21.9 Å². The van der Waals surface area contributed by atoms with Gasteiger partial charge >= 0.3 is 0 Å². The average Bonchev–Trinajstić information content (AvgIpc) is 2.89. The van der Waals surface area contributed by atoms with Gasteiger partial charge in [-0.3, -0.25) is 9.67 Å². The van der Waals surface area contributed by atoms with E-state index in [-0.39, 0.29) is 0 Å². The number of benzene rings is 1. The summed E-state index contributed by atoms with van der Waals surface area (Å²) in [6, 6.07) is 9.62. The van der Waals surface area contributed by atoms with Crippen molar-refractivity contribution in [2.45, 2.75) is 0 Å². The first-order valence-corrected chi connectivity index (χ1v) is 6.76. The third-order valence-electron chi connectivity index (χ3n) is 3.44. The molecule has 0 amide bonds. The first-order chi connectivity index (χ1) is 10.7. The molecule has 0 radical (unpaired) electrons. The minimum Gasteiger partial charge on any atom is -0.495 e. The highest BCUT2D eigenvalue weighted by molar-refractivity contribution is 5.96. The number of aryl methyl sites for hydroxylation is 1. The summed E-state index contributed by atoms with van der Waals surface area (Å²) in [7, 11) is 3.44. The van der Waals surface area contributed by atoms with Gasteiger partial charge in [-0.05, 0) is 29.8 Å². The summed E-state index contributed by atoms with van der Waals surface area (Å²) in [5.74, 6) is 0.555. The smallest absolute Gasteiger partial charge is 0.148 e. The maximum atomic E-state index is 9.23. The van der Waals surface area contributed by atoms with E-state index in [0.717, 1.165) is 22.2 Å². The molecule has 5 nitrogen and oxygen atoms in total. The number of methoxy groups -OCH3 is 1. The molecule has 0 N–H and O–H groups in total. The van der Waals surface area contributed by atoms with Crippen LogP contribution >= 0.6 is 0 Å². The zero-order valence-electron chi connectivity index (χ0n) is 12.3. The summed E-state index contributed by atoms with van der Waals surface area (Å²) in [6.07, 6.45) is 7.35. The molecule has 0 saturated heterocycles. The zero-order valence-corrected chi connectivity index (χ0v) is 12.3. The van der Waals surface area contributed by atoms with E-state index in [2.05, 4.69) is 16.2 Å². The number of pyridine rings is 1. The van der Waals surface area contributed by atoms with E-state index in [4.69, 9.17) is 4.74 Å². The third kappa shape index (κ3) is 2.31. The fourth-order valence-electron chi connectivity index (χ4n) is 2.42. The molecule has 0 aliphatic carbocycles.